The molecule has 1 aliphatic rings. The molecule has 0 aromatic heterocycles. The molecule has 122 valence electrons. The molecule has 22 heavy (non-hydrogen) atoms. The lowest BCUT2D eigenvalue weighted by molar-refractivity contribution is -0.136. The van der Waals surface area contributed by atoms with Crippen LogP contribution in [-0.4, -0.2) is 37.0 Å². The van der Waals surface area contributed by atoms with E-state index in [2.05, 4.69) is 19.1 Å². The number of hydrogen-bond acceptors (Lipinski definition) is 3. The molecule has 0 bridgehead atoms. The van der Waals surface area contributed by atoms with E-state index in [9.17, 15) is 4.79 Å². The first-order valence-electron chi connectivity index (χ1n) is 8.28. The van der Waals surface area contributed by atoms with Gasteiger partial charge in [-0.25, -0.2) is 0 Å². The van der Waals surface area contributed by atoms with Crippen molar-refractivity contribution in [1.82, 2.24) is 4.90 Å². The van der Waals surface area contributed by atoms with E-state index in [0.717, 1.165) is 31.6 Å². The maximum atomic E-state index is 12.5. The fourth-order valence-electron chi connectivity index (χ4n) is 3.30. The van der Waals surface area contributed by atoms with Crippen LogP contribution in [0.5, 0.6) is 5.75 Å². The summed E-state index contributed by atoms with van der Waals surface area (Å²) in [7, 11) is 1.67. The van der Waals surface area contributed by atoms with Crippen LogP contribution in [0, 0.1) is 5.92 Å². The highest BCUT2D eigenvalue weighted by Gasteiger charge is 2.30. The Hall–Kier alpha value is -1.55. The fourth-order valence-corrected chi connectivity index (χ4v) is 3.30. The van der Waals surface area contributed by atoms with Crippen molar-refractivity contribution in [1.29, 1.82) is 0 Å². The highest BCUT2D eigenvalue weighted by molar-refractivity contribution is 5.76. The quantitative estimate of drug-likeness (QED) is 0.879. The molecule has 4 nitrogen and oxygen atoms in total. The van der Waals surface area contributed by atoms with Gasteiger partial charge < -0.3 is 15.4 Å². The van der Waals surface area contributed by atoms with E-state index in [4.69, 9.17) is 10.5 Å². The largest absolute Gasteiger partial charge is 0.497 e. The van der Waals surface area contributed by atoms with Gasteiger partial charge in [-0.05, 0) is 49.3 Å². The summed E-state index contributed by atoms with van der Waals surface area (Å²) in [6.07, 6.45) is 4.69. The van der Waals surface area contributed by atoms with E-state index in [1.165, 1.54) is 12.0 Å². The predicted molar refractivity (Wildman–Crippen MR) is 88.9 cm³/mol. The van der Waals surface area contributed by atoms with Gasteiger partial charge in [0.2, 0.25) is 5.91 Å². The zero-order chi connectivity index (χ0) is 15.9. The standard InChI is InChI=1S/C18H28N2O2/c1-14-5-4-12-20(17(14)13-19)18(21)7-3-6-15-8-10-16(22-2)11-9-15/h8-11,14,17H,3-7,12-13,19H2,1-2H3. The number of likely N-dealkylation sites (tertiary alicyclic amines) is 1. The Morgan fingerprint density at radius 3 is 2.73 bits per heavy atom. The van der Waals surface area contributed by atoms with Crippen LogP contribution in [0.15, 0.2) is 24.3 Å². The SMILES string of the molecule is COc1ccc(CCCC(=O)N2CCCC(C)C2CN)cc1. The summed E-state index contributed by atoms with van der Waals surface area (Å²) < 4.78 is 5.15. The molecule has 1 heterocycles. The molecule has 1 fully saturated rings. The van der Waals surface area contributed by atoms with Crippen LogP contribution < -0.4 is 10.5 Å². The molecule has 1 amide bonds. The molecule has 1 aliphatic heterocycles. The molecule has 0 aliphatic carbocycles. The third kappa shape index (κ3) is 4.23. The van der Waals surface area contributed by atoms with Crippen LogP contribution in [0.1, 0.15) is 38.2 Å². The number of rotatable bonds is 6. The van der Waals surface area contributed by atoms with E-state index >= 15 is 0 Å². The molecular weight excluding hydrogens is 276 g/mol. The van der Waals surface area contributed by atoms with Gasteiger partial charge in [0.05, 0.1) is 7.11 Å². The van der Waals surface area contributed by atoms with Crippen molar-refractivity contribution in [3.05, 3.63) is 29.8 Å². The lowest BCUT2D eigenvalue weighted by Crippen LogP contribution is -2.51. The molecular formula is C18H28N2O2. The zero-order valence-electron chi connectivity index (χ0n) is 13.8. The first-order chi connectivity index (χ1) is 10.7. The van der Waals surface area contributed by atoms with Crippen LogP contribution >= 0.6 is 0 Å². The normalized spacial score (nSPS) is 21.7. The highest BCUT2D eigenvalue weighted by Crippen LogP contribution is 2.23. The predicted octanol–water partition coefficient (Wildman–Crippen LogP) is 2.60. The summed E-state index contributed by atoms with van der Waals surface area (Å²) in [6, 6.07) is 8.29. The number of aryl methyl sites for hydroxylation is 1. The number of carbonyl (C=O) groups is 1. The molecule has 1 saturated heterocycles. The molecule has 2 rings (SSSR count). The number of hydrogen-bond donors (Lipinski definition) is 1. The molecule has 1 aromatic rings. The minimum absolute atomic E-state index is 0.224. The second-order valence-electron chi connectivity index (χ2n) is 6.21. The number of nitrogens with two attached hydrogens (primary N) is 1. The Labute approximate surface area is 133 Å². The third-order valence-electron chi connectivity index (χ3n) is 4.69. The average molecular weight is 304 g/mol. The maximum Gasteiger partial charge on any atom is 0.222 e. The van der Waals surface area contributed by atoms with Gasteiger partial charge in [0.25, 0.3) is 0 Å². The number of benzene rings is 1. The summed E-state index contributed by atoms with van der Waals surface area (Å²) in [5.74, 6) is 1.65. The van der Waals surface area contributed by atoms with Gasteiger partial charge in [-0.1, -0.05) is 19.1 Å². The van der Waals surface area contributed by atoms with Gasteiger partial charge in [0.15, 0.2) is 0 Å². The van der Waals surface area contributed by atoms with E-state index in [-0.39, 0.29) is 11.9 Å². The first-order valence-corrected chi connectivity index (χ1v) is 8.28. The van der Waals surface area contributed by atoms with Crippen LogP contribution in [0.2, 0.25) is 0 Å². The number of nitrogens with zero attached hydrogens (tertiary/aromatic N) is 1. The minimum Gasteiger partial charge on any atom is -0.497 e. The smallest absolute Gasteiger partial charge is 0.222 e. The van der Waals surface area contributed by atoms with Crippen LogP contribution in [-0.2, 0) is 11.2 Å². The van der Waals surface area contributed by atoms with Crippen molar-refractivity contribution in [3.63, 3.8) is 0 Å². The number of carbonyl (C=O) groups excluding carboxylic acids is 1. The summed E-state index contributed by atoms with van der Waals surface area (Å²) in [6.45, 7) is 3.65. The van der Waals surface area contributed by atoms with Crippen LogP contribution in [0.25, 0.3) is 0 Å². The second-order valence-corrected chi connectivity index (χ2v) is 6.21. The number of piperidine rings is 1. The van der Waals surface area contributed by atoms with E-state index in [1.54, 1.807) is 7.11 Å². The summed E-state index contributed by atoms with van der Waals surface area (Å²) in [5.41, 5.74) is 7.11. The maximum absolute atomic E-state index is 12.5. The van der Waals surface area contributed by atoms with Crippen molar-refractivity contribution < 1.29 is 9.53 Å². The van der Waals surface area contributed by atoms with Crippen molar-refractivity contribution in [2.24, 2.45) is 11.7 Å². The lowest BCUT2D eigenvalue weighted by atomic mass is 9.90. The van der Waals surface area contributed by atoms with Crippen molar-refractivity contribution in [2.75, 3.05) is 20.2 Å². The molecule has 2 atom stereocenters. The summed E-state index contributed by atoms with van der Waals surface area (Å²) in [5, 5.41) is 0. The van der Waals surface area contributed by atoms with Crippen LogP contribution in [0.3, 0.4) is 0 Å². The Morgan fingerprint density at radius 1 is 1.36 bits per heavy atom. The molecule has 2 N–H and O–H groups in total. The number of methoxy groups -OCH3 is 1. The number of amides is 1. The van der Waals surface area contributed by atoms with Crippen LogP contribution in [0.4, 0.5) is 0 Å². The van der Waals surface area contributed by atoms with Gasteiger partial charge >= 0.3 is 0 Å². The first kappa shape index (κ1) is 16.8. The molecule has 0 spiro atoms. The minimum atomic E-state index is 0.224. The zero-order valence-corrected chi connectivity index (χ0v) is 13.8. The molecule has 0 saturated carbocycles. The topological polar surface area (TPSA) is 55.6 Å². The van der Waals surface area contributed by atoms with Gasteiger partial charge in [0, 0.05) is 25.6 Å². The summed E-state index contributed by atoms with van der Waals surface area (Å²) in [4.78, 5) is 14.5. The van der Waals surface area contributed by atoms with Gasteiger partial charge in [-0.15, -0.1) is 0 Å². The van der Waals surface area contributed by atoms with Crippen molar-refractivity contribution >= 4 is 5.91 Å². The Balaban J connectivity index is 1.81. The average Bonchev–Trinajstić information content (AvgIpc) is 2.55. The molecule has 2 unspecified atom stereocenters. The lowest BCUT2D eigenvalue weighted by Gasteiger charge is -2.39. The Morgan fingerprint density at radius 2 is 2.09 bits per heavy atom. The van der Waals surface area contributed by atoms with E-state index in [1.807, 2.05) is 17.0 Å². The molecule has 1 aromatic carbocycles. The summed E-state index contributed by atoms with van der Waals surface area (Å²) >= 11 is 0. The fraction of sp³-hybridized carbons (Fsp3) is 0.611. The Kier molecular flexibility index (Phi) is 6.25. The van der Waals surface area contributed by atoms with Gasteiger partial charge in [0.1, 0.15) is 5.75 Å². The highest BCUT2D eigenvalue weighted by atomic mass is 16.5. The molecule has 4 heteroatoms. The monoisotopic (exact) mass is 304 g/mol. The second kappa shape index (κ2) is 8.18. The van der Waals surface area contributed by atoms with Crippen molar-refractivity contribution in [3.8, 4) is 5.75 Å². The number of ether oxygens (including phenoxy) is 1. The van der Waals surface area contributed by atoms with Crippen molar-refractivity contribution in [2.45, 2.75) is 45.1 Å². The third-order valence-corrected chi connectivity index (χ3v) is 4.69. The van der Waals surface area contributed by atoms with E-state index < -0.39 is 0 Å². The molecule has 0 radical (unpaired) electrons. The van der Waals surface area contributed by atoms with E-state index in [0.29, 0.717) is 18.9 Å². The Bertz CT molecular complexity index is 472. The van der Waals surface area contributed by atoms with Gasteiger partial charge in [-0.2, -0.15) is 0 Å². The van der Waals surface area contributed by atoms with Gasteiger partial charge in [-0.3, -0.25) is 4.79 Å².